The first-order valence-electron chi connectivity index (χ1n) is 13.4. The van der Waals surface area contributed by atoms with E-state index in [9.17, 15) is 13.6 Å². The summed E-state index contributed by atoms with van der Waals surface area (Å²) >= 11 is 0. The Hall–Kier alpha value is -1.97. The van der Waals surface area contributed by atoms with Crippen LogP contribution in [0.5, 0.6) is 5.75 Å². The number of hydrogen-bond donors (Lipinski definition) is 0. The number of rotatable bonds is 7. The van der Waals surface area contributed by atoms with E-state index in [1.807, 2.05) is 19.1 Å². The molecule has 4 heteroatoms. The Bertz CT molecular complexity index is 861. The zero-order valence-electron chi connectivity index (χ0n) is 20.6. The Balaban J connectivity index is 1.26. The van der Waals surface area contributed by atoms with Gasteiger partial charge in [0.2, 0.25) is 0 Å². The molecule has 2 nitrogen and oxygen atoms in total. The van der Waals surface area contributed by atoms with E-state index >= 15 is 0 Å². The molecule has 186 valence electrons. The molecule has 3 fully saturated rings. The first kappa shape index (κ1) is 25.1. The van der Waals surface area contributed by atoms with Crippen molar-refractivity contribution >= 4 is 5.97 Å². The minimum atomic E-state index is -0.645. The van der Waals surface area contributed by atoms with Gasteiger partial charge >= 0.3 is 5.97 Å². The predicted octanol–water partition coefficient (Wildman–Crippen LogP) is 8.20. The highest BCUT2D eigenvalue weighted by Gasteiger charge is 2.39. The van der Waals surface area contributed by atoms with Crippen LogP contribution in [-0.2, 0) is 11.2 Å². The van der Waals surface area contributed by atoms with Crippen molar-refractivity contribution in [2.75, 3.05) is 0 Å². The number of benzene rings is 1. The smallest absolute Gasteiger partial charge is 0.314 e. The zero-order chi connectivity index (χ0) is 24.1. The molecule has 0 aliphatic heterocycles. The molecule has 0 spiro atoms. The molecule has 0 saturated heterocycles. The van der Waals surface area contributed by atoms with Crippen LogP contribution in [-0.4, -0.2) is 5.97 Å². The molecule has 3 aliphatic carbocycles. The second kappa shape index (κ2) is 11.6. The van der Waals surface area contributed by atoms with Crippen molar-refractivity contribution in [2.24, 2.45) is 35.5 Å². The van der Waals surface area contributed by atoms with Crippen molar-refractivity contribution in [3.8, 4) is 5.75 Å². The molecule has 4 unspecified atom stereocenters. The number of hydrogen-bond acceptors (Lipinski definition) is 2. The third kappa shape index (κ3) is 5.98. The molecular weight excluding hydrogens is 430 g/mol. The summed E-state index contributed by atoms with van der Waals surface area (Å²) in [5.74, 6) is 2.15. The van der Waals surface area contributed by atoms with Gasteiger partial charge < -0.3 is 4.74 Å². The highest BCUT2D eigenvalue weighted by Crippen LogP contribution is 2.49. The van der Waals surface area contributed by atoms with Crippen LogP contribution in [0.25, 0.3) is 0 Å². The molecule has 0 aromatic heterocycles. The standard InChI is InChI=1S/C30H40F2O2/c1-3-5-6-7-27-28(31)18-26(19-29(27)32)34-30(33)22-12-10-21(11-13-22)24-15-14-23-16-20(4-2)8-9-25(23)17-24/h3-5,18-25H,2,6-17H2,1H3/b5-3+. The lowest BCUT2D eigenvalue weighted by atomic mass is 9.61. The molecule has 0 radical (unpaired) electrons. The summed E-state index contributed by atoms with van der Waals surface area (Å²) in [6, 6.07) is 2.30. The molecule has 3 saturated carbocycles. The summed E-state index contributed by atoms with van der Waals surface area (Å²) in [4.78, 5) is 12.7. The maximum Gasteiger partial charge on any atom is 0.314 e. The second-order valence-electron chi connectivity index (χ2n) is 10.9. The molecule has 3 aliphatic rings. The Morgan fingerprint density at radius 1 is 0.941 bits per heavy atom. The molecule has 4 rings (SSSR count). The van der Waals surface area contributed by atoms with E-state index in [-0.39, 0.29) is 29.6 Å². The maximum atomic E-state index is 14.4. The lowest BCUT2D eigenvalue weighted by Gasteiger charge is -2.45. The van der Waals surface area contributed by atoms with Crippen LogP contribution < -0.4 is 4.74 Å². The molecule has 0 heterocycles. The van der Waals surface area contributed by atoms with Crippen LogP contribution in [0.3, 0.4) is 0 Å². The number of allylic oxidation sites excluding steroid dienone is 3. The fourth-order valence-electron chi connectivity index (χ4n) is 6.90. The lowest BCUT2D eigenvalue weighted by Crippen LogP contribution is -2.35. The third-order valence-corrected chi connectivity index (χ3v) is 8.93. The van der Waals surface area contributed by atoms with Crippen LogP contribution in [0.4, 0.5) is 8.78 Å². The van der Waals surface area contributed by atoms with Gasteiger partial charge in [-0.1, -0.05) is 18.2 Å². The molecule has 0 bridgehead atoms. The molecule has 0 amide bonds. The normalized spacial score (nSPS) is 31.7. The molecule has 1 aromatic carbocycles. The van der Waals surface area contributed by atoms with E-state index in [4.69, 9.17) is 4.74 Å². The van der Waals surface area contributed by atoms with Gasteiger partial charge in [-0.05, 0) is 114 Å². The van der Waals surface area contributed by atoms with Gasteiger partial charge in [0.15, 0.2) is 0 Å². The Morgan fingerprint density at radius 2 is 1.53 bits per heavy atom. The summed E-state index contributed by atoms with van der Waals surface area (Å²) in [5, 5.41) is 0. The number of carbonyl (C=O) groups excluding carboxylic acids is 1. The average molecular weight is 471 g/mol. The lowest BCUT2D eigenvalue weighted by molar-refractivity contribution is -0.140. The van der Waals surface area contributed by atoms with Gasteiger partial charge in [-0.15, -0.1) is 6.58 Å². The van der Waals surface area contributed by atoms with Gasteiger partial charge in [-0.25, -0.2) is 8.78 Å². The minimum Gasteiger partial charge on any atom is -0.426 e. The van der Waals surface area contributed by atoms with E-state index in [0.717, 1.165) is 61.5 Å². The van der Waals surface area contributed by atoms with E-state index in [0.29, 0.717) is 12.3 Å². The minimum absolute atomic E-state index is 0.0228. The van der Waals surface area contributed by atoms with Crippen molar-refractivity contribution in [3.05, 3.63) is 54.1 Å². The topological polar surface area (TPSA) is 26.3 Å². The van der Waals surface area contributed by atoms with E-state index < -0.39 is 11.6 Å². The maximum absolute atomic E-state index is 14.4. The number of carbonyl (C=O) groups is 1. The molecule has 34 heavy (non-hydrogen) atoms. The fraction of sp³-hybridized carbons (Fsp3) is 0.633. The Kier molecular flexibility index (Phi) is 8.60. The van der Waals surface area contributed by atoms with Crippen LogP contribution in [0.15, 0.2) is 36.9 Å². The van der Waals surface area contributed by atoms with E-state index in [2.05, 4.69) is 12.7 Å². The number of esters is 1. The first-order chi connectivity index (χ1) is 16.5. The quantitative estimate of drug-likeness (QED) is 0.228. The molecule has 1 aromatic rings. The molecule has 4 atom stereocenters. The van der Waals surface area contributed by atoms with Crippen molar-refractivity contribution < 1.29 is 18.3 Å². The van der Waals surface area contributed by atoms with Crippen molar-refractivity contribution in [1.82, 2.24) is 0 Å². The molecule has 0 N–H and O–H groups in total. The average Bonchev–Trinajstić information content (AvgIpc) is 2.85. The van der Waals surface area contributed by atoms with Gasteiger partial charge in [0.05, 0.1) is 5.92 Å². The fourth-order valence-corrected chi connectivity index (χ4v) is 6.90. The highest BCUT2D eigenvalue weighted by atomic mass is 19.1. The highest BCUT2D eigenvalue weighted by molar-refractivity contribution is 5.75. The Labute approximate surface area is 203 Å². The first-order valence-corrected chi connectivity index (χ1v) is 13.4. The van der Waals surface area contributed by atoms with Crippen LogP contribution >= 0.6 is 0 Å². The summed E-state index contributed by atoms with van der Waals surface area (Å²) in [6.07, 6.45) is 18.5. The summed E-state index contributed by atoms with van der Waals surface area (Å²) in [7, 11) is 0. The molecular formula is C30H40F2O2. The zero-order valence-corrected chi connectivity index (χ0v) is 20.6. The largest absolute Gasteiger partial charge is 0.426 e. The van der Waals surface area contributed by atoms with Gasteiger partial charge in [0.25, 0.3) is 0 Å². The SMILES string of the molecule is C=CC1CCC2CC(C3CCC(C(=O)Oc4cc(F)c(CC/C=C/C)c(F)c4)CC3)CCC2C1. The second-order valence-corrected chi connectivity index (χ2v) is 10.9. The van der Waals surface area contributed by atoms with Gasteiger partial charge in [-0.3, -0.25) is 4.79 Å². The van der Waals surface area contributed by atoms with Crippen LogP contribution in [0, 0.1) is 47.1 Å². The number of fused-ring (bicyclic) bond motifs is 1. The van der Waals surface area contributed by atoms with Crippen LogP contribution in [0.2, 0.25) is 0 Å². The van der Waals surface area contributed by atoms with Crippen molar-refractivity contribution in [1.29, 1.82) is 0 Å². The monoisotopic (exact) mass is 470 g/mol. The number of ether oxygens (including phenoxy) is 1. The predicted molar refractivity (Wildman–Crippen MR) is 132 cm³/mol. The van der Waals surface area contributed by atoms with E-state index in [1.165, 1.54) is 38.5 Å². The van der Waals surface area contributed by atoms with Gasteiger partial charge in [-0.2, -0.15) is 0 Å². The van der Waals surface area contributed by atoms with E-state index in [1.54, 1.807) is 0 Å². The summed E-state index contributed by atoms with van der Waals surface area (Å²) in [6.45, 7) is 5.88. The van der Waals surface area contributed by atoms with Crippen molar-refractivity contribution in [2.45, 2.75) is 84.0 Å². The van der Waals surface area contributed by atoms with Crippen molar-refractivity contribution in [3.63, 3.8) is 0 Å². The van der Waals surface area contributed by atoms with Gasteiger partial charge in [0.1, 0.15) is 17.4 Å². The third-order valence-electron chi connectivity index (χ3n) is 8.93. The summed E-state index contributed by atoms with van der Waals surface area (Å²) < 4.78 is 34.2. The Morgan fingerprint density at radius 3 is 2.18 bits per heavy atom. The van der Waals surface area contributed by atoms with Gasteiger partial charge in [0, 0.05) is 17.7 Å². The number of halogens is 2. The summed E-state index contributed by atoms with van der Waals surface area (Å²) in [5.41, 5.74) is 0.0473. The van der Waals surface area contributed by atoms with Crippen LogP contribution in [0.1, 0.15) is 83.1 Å².